The molecule has 0 saturated heterocycles. The third-order valence-corrected chi connectivity index (χ3v) is 2.48. The fraction of sp³-hybridized carbons (Fsp3) is 0. The van der Waals surface area contributed by atoms with E-state index in [9.17, 15) is 0 Å². The molecule has 0 saturated carbocycles. The molecular formula is C11H6Cl2N4. The topological polar surface area (TPSA) is 61.6 Å². The first-order valence-corrected chi connectivity index (χ1v) is 5.40. The van der Waals surface area contributed by atoms with Gasteiger partial charge in [0.15, 0.2) is 0 Å². The minimum absolute atomic E-state index is 0.153. The summed E-state index contributed by atoms with van der Waals surface area (Å²) < 4.78 is 0. The molecule has 0 amide bonds. The predicted molar refractivity (Wildman–Crippen MR) is 66.5 cm³/mol. The Hall–Kier alpha value is -1.83. The van der Waals surface area contributed by atoms with E-state index < -0.39 is 0 Å². The van der Waals surface area contributed by atoms with Gasteiger partial charge >= 0.3 is 0 Å². The van der Waals surface area contributed by atoms with E-state index >= 15 is 0 Å². The predicted octanol–water partition coefficient (Wildman–Crippen LogP) is 3.40. The first kappa shape index (κ1) is 11.6. The molecule has 1 aromatic heterocycles. The van der Waals surface area contributed by atoms with Gasteiger partial charge in [0.25, 0.3) is 0 Å². The number of nitriles is 1. The van der Waals surface area contributed by atoms with Gasteiger partial charge in [0.2, 0.25) is 5.28 Å². The molecule has 0 bridgehead atoms. The Morgan fingerprint density at radius 3 is 2.71 bits per heavy atom. The number of rotatable bonds is 2. The number of anilines is 2. The number of nitrogens with zero attached hydrogens (tertiary/aromatic N) is 3. The smallest absolute Gasteiger partial charge is 0.224 e. The zero-order valence-corrected chi connectivity index (χ0v) is 10.00. The van der Waals surface area contributed by atoms with E-state index in [1.54, 1.807) is 24.3 Å². The normalized spacial score (nSPS) is 9.71. The van der Waals surface area contributed by atoms with Crippen LogP contribution in [0.3, 0.4) is 0 Å². The molecule has 1 heterocycles. The number of hydrogen-bond donors (Lipinski definition) is 1. The Bertz CT molecular complexity index is 592. The summed E-state index contributed by atoms with van der Waals surface area (Å²) >= 11 is 11.7. The van der Waals surface area contributed by atoms with Crippen molar-refractivity contribution in [1.29, 1.82) is 5.26 Å². The van der Waals surface area contributed by atoms with Gasteiger partial charge in [-0.15, -0.1) is 0 Å². The minimum Gasteiger partial charge on any atom is -0.339 e. The third-order valence-electron chi connectivity index (χ3n) is 1.99. The lowest BCUT2D eigenvalue weighted by Crippen LogP contribution is -1.95. The van der Waals surface area contributed by atoms with Crippen molar-refractivity contribution < 1.29 is 0 Å². The van der Waals surface area contributed by atoms with Crippen LogP contribution >= 0.6 is 23.2 Å². The molecule has 0 unspecified atom stereocenters. The highest BCUT2D eigenvalue weighted by molar-refractivity contribution is 6.33. The van der Waals surface area contributed by atoms with Crippen LogP contribution in [0.5, 0.6) is 0 Å². The second-order valence-electron chi connectivity index (χ2n) is 3.14. The maximum Gasteiger partial charge on any atom is 0.224 e. The molecule has 84 valence electrons. The van der Waals surface area contributed by atoms with Crippen molar-refractivity contribution in [3.63, 3.8) is 0 Å². The molecule has 17 heavy (non-hydrogen) atoms. The van der Waals surface area contributed by atoms with Gasteiger partial charge in [-0.2, -0.15) is 5.26 Å². The molecular weight excluding hydrogens is 259 g/mol. The van der Waals surface area contributed by atoms with Gasteiger partial charge in [-0.05, 0) is 35.9 Å². The molecule has 0 atom stereocenters. The van der Waals surface area contributed by atoms with Crippen molar-refractivity contribution in [1.82, 2.24) is 9.97 Å². The number of aromatic nitrogens is 2. The van der Waals surface area contributed by atoms with E-state index in [4.69, 9.17) is 28.5 Å². The van der Waals surface area contributed by atoms with Crippen molar-refractivity contribution >= 4 is 34.7 Å². The third kappa shape index (κ3) is 2.84. The van der Waals surface area contributed by atoms with Crippen LogP contribution in [-0.4, -0.2) is 9.97 Å². The van der Waals surface area contributed by atoms with Gasteiger partial charge < -0.3 is 5.32 Å². The Balaban J connectivity index is 2.28. The monoisotopic (exact) mass is 264 g/mol. The number of hydrogen-bond acceptors (Lipinski definition) is 4. The lowest BCUT2D eigenvalue weighted by molar-refractivity contribution is 1.17. The summed E-state index contributed by atoms with van der Waals surface area (Å²) in [6, 6.07) is 8.62. The van der Waals surface area contributed by atoms with Crippen LogP contribution in [0.15, 0.2) is 30.5 Å². The van der Waals surface area contributed by atoms with Crippen molar-refractivity contribution in [3.8, 4) is 6.07 Å². The molecule has 0 aliphatic heterocycles. The lowest BCUT2D eigenvalue weighted by atomic mass is 10.2. The largest absolute Gasteiger partial charge is 0.339 e. The number of halogens is 2. The average Bonchev–Trinajstić information content (AvgIpc) is 2.32. The van der Waals surface area contributed by atoms with Gasteiger partial charge in [-0.3, -0.25) is 0 Å². The lowest BCUT2D eigenvalue weighted by Gasteiger charge is -2.07. The SMILES string of the molecule is N#Cc1ccc(Nc2ccnc(Cl)n2)c(Cl)c1. The van der Waals surface area contributed by atoms with Crippen molar-refractivity contribution in [3.05, 3.63) is 46.3 Å². The molecule has 2 rings (SSSR count). The van der Waals surface area contributed by atoms with Gasteiger partial charge in [0, 0.05) is 6.20 Å². The summed E-state index contributed by atoms with van der Waals surface area (Å²) in [5, 5.41) is 12.3. The standard InChI is InChI=1S/C11H6Cl2N4/c12-8-5-7(6-14)1-2-9(8)16-10-3-4-15-11(13)17-10/h1-5H,(H,15,16,17). The van der Waals surface area contributed by atoms with Gasteiger partial charge in [-0.25, -0.2) is 9.97 Å². The summed E-state index contributed by atoms with van der Waals surface area (Å²) in [6.45, 7) is 0. The van der Waals surface area contributed by atoms with Gasteiger partial charge in [0.1, 0.15) is 5.82 Å². The molecule has 1 N–H and O–H groups in total. The summed E-state index contributed by atoms with van der Waals surface area (Å²) in [5.41, 5.74) is 1.15. The molecule has 4 nitrogen and oxygen atoms in total. The van der Waals surface area contributed by atoms with E-state index in [1.807, 2.05) is 6.07 Å². The summed E-state index contributed by atoms with van der Waals surface area (Å²) in [7, 11) is 0. The van der Waals surface area contributed by atoms with Crippen LogP contribution in [0.4, 0.5) is 11.5 Å². The zero-order valence-electron chi connectivity index (χ0n) is 8.48. The van der Waals surface area contributed by atoms with E-state index in [-0.39, 0.29) is 5.28 Å². The first-order valence-electron chi connectivity index (χ1n) is 4.64. The Morgan fingerprint density at radius 2 is 2.06 bits per heavy atom. The van der Waals surface area contributed by atoms with Crippen LogP contribution < -0.4 is 5.32 Å². The van der Waals surface area contributed by atoms with Crippen LogP contribution in [0, 0.1) is 11.3 Å². The fourth-order valence-electron chi connectivity index (χ4n) is 1.23. The molecule has 2 aromatic rings. The molecule has 6 heteroatoms. The van der Waals surface area contributed by atoms with E-state index in [2.05, 4.69) is 15.3 Å². The molecule has 0 aliphatic carbocycles. The quantitative estimate of drug-likeness (QED) is 0.845. The second kappa shape index (κ2) is 5.00. The van der Waals surface area contributed by atoms with Crippen molar-refractivity contribution in [2.45, 2.75) is 0 Å². The molecule has 0 spiro atoms. The van der Waals surface area contributed by atoms with E-state index in [0.717, 1.165) is 0 Å². The molecule has 1 aromatic carbocycles. The van der Waals surface area contributed by atoms with Crippen LogP contribution in [0.2, 0.25) is 10.3 Å². The molecule has 0 fully saturated rings. The van der Waals surface area contributed by atoms with Crippen LogP contribution in [0.25, 0.3) is 0 Å². The summed E-state index contributed by atoms with van der Waals surface area (Å²) in [5.74, 6) is 0.539. The van der Waals surface area contributed by atoms with E-state index in [1.165, 1.54) is 6.20 Å². The number of benzene rings is 1. The molecule has 0 radical (unpaired) electrons. The zero-order chi connectivity index (χ0) is 12.3. The van der Waals surface area contributed by atoms with Gasteiger partial charge in [-0.1, -0.05) is 11.6 Å². The minimum atomic E-state index is 0.153. The number of nitrogens with one attached hydrogen (secondary N) is 1. The van der Waals surface area contributed by atoms with Crippen molar-refractivity contribution in [2.75, 3.05) is 5.32 Å². The Kier molecular flexibility index (Phi) is 3.43. The second-order valence-corrected chi connectivity index (χ2v) is 3.89. The average molecular weight is 265 g/mol. The highest BCUT2D eigenvalue weighted by Gasteiger charge is 2.03. The fourth-order valence-corrected chi connectivity index (χ4v) is 1.60. The summed E-state index contributed by atoms with van der Waals surface area (Å²) in [4.78, 5) is 7.74. The first-order chi connectivity index (χ1) is 8.19. The maximum absolute atomic E-state index is 8.71. The summed E-state index contributed by atoms with van der Waals surface area (Å²) in [6.07, 6.45) is 1.54. The highest BCUT2D eigenvalue weighted by atomic mass is 35.5. The van der Waals surface area contributed by atoms with Gasteiger partial charge in [0.05, 0.1) is 22.3 Å². The van der Waals surface area contributed by atoms with Crippen molar-refractivity contribution in [2.24, 2.45) is 0 Å². The molecule has 0 aliphatic rings. The van der Waals surface area contributed by atoms with Crippen LogP contribution in [-0.2, 0) is 0 Å². The van der Waals surface area contributed by atoms with E-state index in [0.29, 0.717) is 22.1 Å². The van der Waals surface area contributed by atoms with Crippen LogP contribution in [0.1, 0.15) is 5.56 Å². The maximum atomic E-state index is 8.71. The highest BCUT2D eigenvalue weighted by Crippen LogP contribution is 2.25. The Morgan fingerprint density at radius 1 is 1.24 bits per heavy atom. The Labute approximate surface area is 108 Å².